The fourth-order valence-electron chi connectivity index (χ4n) is 4.70. The number of piperidine rings is 1. The Bertz CT molecular complexity index is 901. The topological polar surface area (TPSA) is 69.4 Å². The smallest absolute Gasteiger partial charge is 0.345 e. The number of hydrogen-bond acceptors (Lipinski definition) is 4. The number of rotatable bonds is 5. The molecule has 1 amide bonds. The van der Waals surface area contributed by atoms with Crippen molar-refractivity contribution in [2.45, 2.75) is 56.9 Å². The molecule has 1 aliphatic heterocycles. The number of carbonyl (C=O) groups is 1. The number of carbonyl (C=O) groups excluding carboxylic acids is 1. The number of benzene rings is 1. The highest BCUT2D eigenvalue weighted by Crippen LogP contribution is 2.33. The molecule has 29 heavy (non-hydrogen) atoms. The molecule has 0 unspecified atom stereocenters. The van der Waals surface area contributed by atoms with Gasteiger partial charge in [0.05, 0.1) is 13.5 Å². The van der Waals surface area contributed by atoms with Crippen LogP contribution < -0.4 is 10.4 Å². The minimum Gasteiger partial charge on any atom is -0.497 e. The lowest BCUT2D eigenvalue weighted by atomic mass is 9.95. The molecule has 2 aromatic rings. The van der Waals surface area contributed by atoms with Gasteiger partial charge in [0.25, 0.3) is 0 Å². The molecule has 7 heteroatoms. The molecule has 1 aromatic heterocycles. The summed E-state index contributed by atoms with van der Waals surface area (Å²) in [7, 11) is 3.38. The van der Waals surface area contributed by atoms with Gasteiger partial charge in [-0.3, -0.25) is 9.36 Å². The third-order valence-electron chi connectivity index (χ3n) is 6.40. The first kappa shape index (κ1) is 19.7. The van der Waals surface area contributed by atoms with Gasteiger partial charge in [-0.1, -0.05) is 25.0 Å². The minimum absolute atomic E-state index is 0.00455. The molecule has 4 rings (SSSR count). The molecule has 0 atom stereocenters. The van der Waals surface area contributed by atoms with Gasteiger partial charge in [-0.15, -0.1) is 0 Å². The Kier molecular flexibility index (Phi) is 5.74. The van der Waals surface area contributed by atoms with Gasteiger partial charge in [0.2, 0.25) is 5.91 Å². The molecule has 1 aliphatic carbocycles. The Morgan fingerprint density at radius 2 is 1.76 bits per heavy atom. The third-order valence-corrected chi connectivity index (χ3v) is 6.40. The van der Waals surface area contributed by atoms with Gasteiger partial charge in [0, 0.05) is 32.1 Å². The summed E-state index contributed by atoms with van der Waals surface area (Å²) in [5.74, 6) is 2.12. The van der Waals surface area contributed by atoms with Crippen LogP contribution in [0.3, 0.4) is 0 Å². The first-order valence-electron chi connectivity index (χ1n) is 10.6. The van der Waals surface area contributed by atoms with E-state index in [2.05, 4.69) is 5.10 Å². The quantitative estimate of drug-likeness (QED) is 0.776. The van der Waals surface area contributed by atoms with E-state index in [-0.39, 0.29) is 17.5 Å². The van der Waals surface area contributed by atoms with E-state index in [1.165, 1.54) is 17.5 Å². The molecule has 0 N–H and O–H groups in total. The van der Waals surface area contributed by atoms with E-state index in [0.717, 1.165) is 55.9 Å². The molecule has 0 bridgehead atoms. The van der Waals surface area contributed by atoms with Crippen molar-refractivity contribution < 1.29 is 9.53 Å². The Labute approximate surface area is 171 Å². The largest absolute Gasteiger partial charge is 0.497 e. The van der Waals surface area contributed by atoms with Crippen molar-refractivity contribution >= 4 is 5.91 Å². The average molecular weight is 399 g/mol. The summed E-state index contributed by atoms with van der Waals surface area (Å²) >= 11 is 0. The number of ether oxygens (including phenoxy) is 1. The summed E-state index contributed by atoms with van der Waals surface area (Å²) in [6.45, 7) is 1.43. The van der Waals surface area contributed by atoms with Crippen LogP contribution in [0.5, 0.6) is 5.75 Å². The fourth-order valence-corrected chi connectivity index (χ4v) is 4.70. The van der Waals surface area contributed by atoms with Crippen molar-refractivity contribution in [2.75, 3.05) is 20.2 Å². The van der Waals surface area contributed by atoms with Gasteiger partial charge in [-0.25, -0.2) is 9.48 Å². The number of likely N-dealkylation sites (tertiary alicyclic amines) is 1. The van der Waals surface area contributed by atoms with Crippen molar-refractivity contribution in [2.24, 2.45) is 7.05 Å². The zero-order chi connectivity index (χ0) is 20.4. The van der Waals surface area contributed by atoms with Crippen LogP contribution in [0.2, 0.25) is 0 Å². The summed E-state index contributed by atoms with van der Waals surface area (Å²) in [4.78, 5) is 27.3. The van der Waals surface area contributed by atoms with Gasteiger partial charge >= 0.3 is 5.69 Å². The normalized spacial score (nSPS) is 18.3. The lowest BCUT2D eigenvalue weighted by molar-refractivity contribution is -0.131. The van der Waals surface area contributed by atoms with Crippen molar-refractivity contribution in [3.05, 3.63) is 46.1 Å². The van der Waals surface area contributed by atoms with Crippen LogP contribution in [-0.2, 0) is 18.3 Å². The highest BCUT2D eigenvalue weighted by Gasteiger charge is 2.31. The summed E-state index contributed by atoms with van der Waals surface area (Å²) in [6, 6.07) is 7.95. The number of nitrogens with zero attached hydrogens (tertiary/aromatic N) is 4. The number of amides is 1. The lowest BCUT2D eigenvalue weighted by Gasteiger charge is -2.32. The second-order valence-electron chi connectivity index (χ2n) is 8.25. The number of aryl methyl sites for hydroxylation is 1. The van der Waals surface area contributed by atoms with Crippen molar-refractivity contribution in [1.29, 1.82) is 0 Å². The molecule has 0 spiro atoms. The minimum atomic E-state index is 0.00455. The summed E-state index contributed by atoms with van der Waals surface area (Å²) < 4.78 is 8.61. The highest BCUT2D eigenvalue weighted by molar-refractivity contribution is 5.78. The maximum absolute atomic E-state index is 12.7. The molecule has 1 aromatic carbocycles. The first-order chi connectivity index (χ1) is 14.1. The predicted octanol–water partition coefficient (Wildman–Crippen LogP) is 2.65. The second kappa shape index (κ2) is 8.43. The van der Waals surface area contributed by atoms with Crippen LogP contribution in [0.25, 0.3) is 0 Å². The molecule has 2 heterocycles. The summed E-state index contributed by atoms with van der Waals surface area (Å²) in [5, 5.41) is 4.58. The number of aromatic nitrogens is 3. The fraction of sp³-hybridized carbons (Fsp3) is 0.591. The second-order valence-corrected chi connectivity index (χ2v) is 8.25. The van der Waals surface area contributed by atoms with Crippen LogP contribution in [0.4, 0.5) is 0 Å². The monoisotopic (exact) mass is 398 g/mol. The maximum atomic E-state index is 12.7. The zero-order valence-corrected chi connectivity index (χ0v) is 17.3. The predicted molar refractivity (Wildman–Crippen MR) is 110 cm³/mol. The van der Waals surface area contributed by atoms with E-state index < -0.39 is 0 Å². The molecule has 7 nitrogen and oxygen atoms in total. The van der Waals surface area contributed by atoms with Crippen LogP contribution in [0.15, 0.2) is 29.1 Å². The van der Waals surface area contributed by atoms with Crippen LogP contribution in [0, 0.1) is 0 Å². The van der Waals surface area contributed by atoms with Gasteiger partial charge < -0.3 is 9.64 Å². The Balaban J connectivity index is 1.40. The number of methoxy groups -OCH3 is 1. The van der Waals surface area contributed by atoms with Crippen molar-refractivity contribution in [3.63, 3.8) is 0 Å². The molecular formula is C22H30N4O3. The molecule has 0 radical (unpaired) electrons. The van der Waals surface area contributed by atoms with Gasteiger partial charge in [-0.05, 0) is 43.4 Å². The molecule has 2 fully saturated rings. The summed E-state index contributed by atoms with van der Waals surface area (Å²) in [5.41, 5.74) is 1.00. The van der Waals surface area contributed by atoms with Gasteiger partial charge in [-0.2, -0.15) is 5.10 Å². The van der Waals surface area contributed by atoms with Gasteiger partial charge in [0.1, 0.15) is 11.6 Å². The van der Waals surface area contributed by atoms with E-state index in [1.807, 2.05) is 33.7 Å². The average Bonchev–Trinajstić information content (AvgIpc) is 3.37. The standard InChI is InChI=1S/C22H30N4O3/c1-24-22(28)26(18-5-3-4-6-18)21(23-24)17-11-13-25(14-12-17)20(27)15-16-7-9-19(29-2)10-8-16/h7-10,17-18H,3-6,11-15H2,1-2H3. The van der Waals surface area contributed by atoms with Crippen molar-refractivity contribution in [1.82, 2.24) is 19.2 Å². The first-order valence-corrected chi connectivity index (χ1v) is 10.6. The molecule has 1 saturated heterocycles. The third kappa shape index (κ3) is 4.09. The Morgan fingerprint density at radius 1 is 1.10 bits per heavy atom. The van der Waals surface area contributed by atoms with E-state index in [0.29, 0.717) is 12.5 Å². The zero-order valence-electron chi connectivity index (χ0n) is 17.3. The van der Waals surface area contributed by atoms with Crippen molar-refractivity contribution in [3.8, 4) is 5.75 Å². The van der Waals surface area contributed by atoms with E-state index in [1.54, 1.807) is 14.2 Å². The van der Waals surface area contributed by atoms with Crippen LogP contribution >= 0.6 is 0 Å². The molecule has 156 valence electrons. The lowest BCUT2D eigenvalue weighted by Crippen LogP contribution is -2.39. The SMILES string of the molecule is COc1ccc(CC(=O)N2CCC(c3nn(C)c(=O)n3C3CCCC3)CC2)cc1. The van der Waals surface area contributed by atoms with Crippen LogP contribution in [-0.4, -0.2) is 45.4 Å². The van der Waals surface area contributed by atoms with Crippen LogP contribution in [0.1, 0.15) is 61.9 Å². The summed E-state index contributed by atoms with van der Waals surface area (Å²) in [6.07, 6.45) is 6.63. The molecular weight excluding hydrogens is 368 g/mol. The molecule has 1 saturated carbocycles. The van der Waals surface area contributed by atoms with E-state index in [9.17, 15) is 9.59 Å². The maximum Gasteiger partial charge on any atom is 0.345 e. The Hall–Kier alpha value is -2.57. The van der Waals surface area contributed by atoms with E-state index in [4.69, 9.17) is 4.74 Å². The Morgan fingerprint density at radius 3 is 2.38 bits per heavy atom. The number of hydrogen-bond donors (Lipinski definition) is 0. The van der Waals surface area contributed by atoms with E-state index >= 15 is 0 Å². The molecule has 2 aliphatic rings. The van der Waals surface area contributed by atoms with Gasteiger partial charge in [0.15, 0.2) is 0 Å². The highest BCUT2D eigenvalue weighted by atomic mass is 16.5.